The average molecular weight is 525 g/mol. The van der Waals surface area contributed by atoms with Crippen LogP contribution in [0.3, 0.4) is 0 Å². The third-order valence-corrected chi connectivity index (χ3v) is 9.52. The van der Waals surface area contributed by atoms with E-state index in [0.29, 0.717) is 41.7 Å². The van der Waals surface area contributed by atoms with Crippen molar-refractivity contribution < 1.29 is 13.2 Å². The van der Waals surface area contributed by atoms with Crippen LogP contribution in [0.15, 0.2) is 36.4 Å². The molecule has 0 bridgehead atoms. The molecule has 0 radical (unpaired) electrons. The first-order valence-electron chi connectivity index (χ1n) is 11.7. The van der Waals surface area contributed by atoms with E-state index in [0.717, 1.165) is 19.5 Å². The van der Waals surface area contributed by atoms with Gasteiger partial charge in [0.15, 0.2) is 0 Å². The third kappa shape index (κ3) is 5.54. The Morgan fingerprint density at radius 2 is 1.74 bits per heavy atom. The molecule has 2 aliphatic rings. The Hall–Kier alpha value is -1.80. The largest absolute Gasteiger partial charge is 0.368 e. The van der Waals surface area contributed by atoms with Crippen LogP contribution in [-0.2, 0) is 20.6 Å². The minimum absolute atomic E-state index is 0.0649. The summed E-state index contributed by atoms with van der Waals surface area (Å²) in [5.41, 5.74) is 4.35. The van der Waals surface area contributed by atoms with Crippen molar-refractivity contribution in [3.8, 4) is 0 Å². The van der Waals surface area contributed by atoms with Crippen LogP contribution in [0.2, 0.25) is 10.0 Å². The van der Waals surface area contributed by atoms with E-state index in [9.17, 15) is 13.2 Å². The van der Waals surface area contributed by atoms with Gasteiger partial charge in [0.1, 0.15) is 0 Å². The van der Waals surface area contributed by atoms with Gasteiger partial charge in [0, 0.05) is 45.0 Å². The number of hydrogen-bond donors (Lipinski definition) is 0. The van der Waals surface area contributed by atoms with Gasteiger partial charge >= 0.3 is 0 Å². The number of sulfonamides is 1. The number of benzene rings is 2. The van der Waals surface area contributed by atoms with Crippen LogP contribution < -0.4 is 4.90 Å². The van der Waals surface area contributed by atoms with Crippen molar-refractivity contribution in [2.45, 2.75) is 32.4 Å². The number of anilines is 1. The van der Waals surface area contributed by atoms with Gasteiger partial charge in [-0.05, 0) is 61.6 Å². The van der Waals surface area contributed by atoms with Crippen molar-refractivity contribution in [2.75, 3.05) is 44.2 Å². The predicted octanol–water partition coefficient (Wildman–Crippen LogP) is 4.50. The van der Waals surface area contributed by atoms with Crippen molar-refractivity contribution in [3.05, 3.63) is 63.1 Å². The molecule has 4 rings (SSSR count). The van der Waals surface area contributed by atoms with Gasteiger partial charge in [-0.1, -0.05) is 41.4 Å². The Kier molecular flexibility index (Phi) is 7.77. The van der Waals surface area contributed by atoms with E-state index < -0.39 is 10.0 Å². The van der Waals surface area contributed by atoms with Gasteiger partial charge in [0.05, 0.1) is 21.7 Å². The van der Waals surface area contributed by atoms with E-state index in [4.69, 9.17) is 23.2 Å². The molecule has 9 heteroatoms. The second kappa shape index (κ2) is 10.4. The predicted molar refractivity (Wildman–Crippen MR) is 138 cm³/mol. The lowest BCUT2D eigenvalue weighted by Crippen LogP contribution is -2.53. The topological polar surface area (TPSA) is 60.9 Å². The third-order valence-electron chi connectivity index (χ3n) is 6.97. The van der Waals surface area contributed by atoms with Crippen LogP contribution in [-0.4, -0.2) is 62.8 Å². The standard InChI is InChI=1S/C25H31Cl2N3O3S/c1-18-5-3-7-24(19(18)2)28-11-13-29(14-12-28)25(31)21-6-4-10-30(16-21)34(32,33)17-20-8-9-22(26)23(27)15-20/h3,5,7-9,15,21H,4,6,10-14,16-17H2,1-2H3/t21-/m0/s1. The first kappa shape index (κ1) is 25.3. The maximum absolute atomic E-state index is 13.3. The van der Waals surface area contributed by atoms with E-state index in [1.807, 2.05) is 4.90 Å². The summed E-state index contributed by atoms with van der Waals surface area (Å²) in [6, 6.07) is 11.2. The van der Waals surface area contributed by atoms with Crippen LogP contribution >= 0.6 is 23.2 Å². The van der Waals surface area contributed by atoms with Gasteiger partial charge in [0.25, 0.3) is 0 Å². The molecule has 2 aliphatic heterocycles. The second-order valence-electron chi connectivity index (χ2n) is 9.23. The van der Waals surface area contributed by atoms with Crippen molar-refractivity contribution >= 4 is 44.8 Å². The Bertz CT molecular complexity index is 1160. The minimum atomic E-state index is -3.56. The fourth-order valence-electron chi connectivity index (χ4n) is 4.83. The quantitative estimate of drug-likeness (QED) is 0.578. The number of hydrogen-bond acceptors (Lipinski definition) is 4. The SMILES string of the molecule is Cc1cccc(N2CCN(C(=O)[C@H]3CCCN(S(=O)(=O)Cc4ccc(Cl)c(Cl)c4)C3)CC2)c1C. The maximum atomic E-state index is 13.3. The molecule has 0 aliphatic carbocycles. The van der Waals surface area contributed by atoms with E-state index >= 15 is 0 Å². The van der Waals surface area contributed by atoms with Crippen molar-refractivity contribution in [3.63, 3.8) is 0 Å². The summed E-state index contributed by atoms with van der Waals surface area (Å²) in [4.78, 5) is 17.5. The summed E-state index contributed by atoms with van der Waals surface area (Å²) in [6.45, 7) is 7.79. The monoisotopic (exact) mass is 523 g/mol. The molecule has 2 aromatic rings. The summed E-state index contributed by atoms with van der Waals surface area (Å²) in [5, 5.41) is 0.727. The van der Waals surface area contributed by atoms with Gasteiger partial charge in [-0.15, -0.1) is 0 Å². The maximum Gasteiger partial charge on any atom is 0.227 e. The second-order valence-corrected chi connectivity index (χ2v) is 12.0. The molecule has 2 fully saturated rings. The zero-order valence-electron chi connectivity index (χ0n) is 19.6. The Labute approximate surface area is 212 Å². The van der Waals surface area contributed by atoms with E-state index in [-0.39, 0.29) is 24.1 Å². The zero-order chi connectivity index (χ0) is 24.5. The number of amides is 1. The summed E-state index contributed by atoms with van der Waals surface area (Å²) in [7, 11) is -3.56. The van der Waals surface area contributed by atoms with Gasteiger partial charge in [-0.3, -0.25) is 4.79 Å². The molecule has 0 saturated carbocycles. The van der Waals surface area contributed by atoms with E-state index in [1.54, 1.807) is 18.2 Å². The number of piperazine rings is 1. The molecule has 6 nitrogen and oxygen atoms in total. The zero-order valence-corrected chi connectivity index (χ0v) is 22.0. The molecular weight excluding hydrogens is 493 g/mol. The smallest absolute Gasteiger partial charge is 0.227 e. The molecular formula is C25H31Cl2N3O3S. The highest BCUT2D eigenvalue weighted by Crippen LogP contribution is 2.28. The molecule has 184 valence electrons. The molecule has 1 amide bonds. The van der Waals surface area contributed by atoms with Crippen LogP contribution in [0.4, 0.5) is 5.69 Å². The molecule has 1 atom stereocenters. The van der Waals surface area contributed by atoms with Crippen LogP contribution in [0, 0.1) is 19.8 Å². The number of carbonyl (C=O) groups is 1. The number of carbonyl (C=O) groups excluding carboxylic acids is 1. The average Bonchev–Trinajstić information content (AvgIpc) is 2.83. The van der Waals surface area contributed by atoms with Gasteiger partial charge in [-0.25, -0.2) is 12.7 Å². The molecule has 2 saturated heterocycles. The number of nitrogens with zero attached hydrogens (tertiary/aromatic N) is 3. The Balaban J connectivity index is 1.37. The summed E-state index contributed by atoms with van der Waals surface area (Å²) in [6.07, 6.45) is 1.40. The highest BCUT2D eigenvalue weighted by molar-refractivity contribution is 7.88. The van der Waals surface area contributed by atoms with Gasteiger partial charge in [-0.2, -0.15) is 0 Å². The first-order valence-corrected chi connectivity index (χ1v) is 14.0. The van der Waals surface area contributed by atoms with Crippen LogP contribution in [0.1, 0.15) is 29.5 Å². The fourth-order valence-corrected chi connectivity index (χ4v) is 6.75. The molecule has 34 heavy (non-hydrogen) atoms. The van der Waals surface area contributed by atoms with Crippen LogP contribution in [0.5, 0.6) is 0 Å². The highest BCUT2D eigenvalue weighted by Gasteiger charge is 2.35. The molecule has 2 heterocycles. The molecule has 2 aromatic carbocycles. The lowest BCUT2D eigenvalue weighted by molar-refractivity contribution is -0.137. The lowest BCUT2D eigenvalue weighted by atomic mass is 9.97. The molecule has 0 spiro atoms. The Morgan fingerprint density at radius 3 is 2.44 bits per heavy atom. The van der Waals surface area contributed by atoms with Crippen molar-refractivity contribution in [1.29, 1.82) is 0 Å². The molecule has 0 N–H and O–H groups in total. The number of piperidine rings is 1. The fraction of sp³-hybridized carbons (Fsp3) is 0.480. The normalized spacial score (nSPS) is 19.9. The molecule has 0 unspecified atom stereocenters. The van der Waals surface area contributed by atoms with Crippen molar-refractivity contribution in [1.82, 2.24) is 9.21 Å². The summed E-state index contributed by atoms with van der Waals surface area (Å²) >= 11 is 12.0. The lowest BCUT2D eigenvalue weighted by Gasteiger charge is -2.40. The van der Waals surface area contributed by atoms with Crippen LogP contribution in [0.25, 0.3) is 0 Å². The van der Waals surface area contributed by atoms with Crippen molar-refractivity contribution in [2.24, 2.45) is 5.92 Å². The summed E-state index contributed by atoms with van der Waals surface area (Å²) in [5.74, 6) is -0.390. The van der Waals surface area contributed by atoms with Gasteiger partial charge < -0.3 is 9.80 Å². The van der Waals surface area contributed by atoms with E-state index in [2.05, 4.69) is 36.9 Å². The number of rotatable bonds is 5. The number of aryl methyl sites for hydroxylation is 1. The Morgan fingerprint density at radius 1 is 1.00 bits per heavy atom. The van der Waals surface area contributed by atoms with Gasteiger partial charge in [0.2, 0.25) is 15.9 Å². The number of halogens is 2. The molecule has 0 aromatic heterocycles. The highest BCUT2D eigenvalue weighted by atomic mass is 35.5. The first-order chi connectivity index (χ1) is 16.2. The minimum Gasteiger partial charge on any atom is -0.368 e. The van der Waals surface area contributed by atoms with E-state index in [1.165, 1.54) is 21.1 Å². The summed E-state index contributed by atoms with van der Waals surface area (Å²) < 4.78 is 27.6.